The molecule has 44 heavy (non-hydrogen) atoms. The van der Waals surface area contributed by atoms with Gasteiger partial charge in [-0.2, -0.15) is 26.3 Å². The van der Waals surface area contributed by atoms with E-state index in [0.717, 1.165) is 22.0 Å². The Labute approximate surface area is 248 Å². The number of H-pyrrole nitrogens is 1. The largest absolute Gasteiger partial charge is 0.416 e. The Morgan fingerprint density at radius 1 is 0.886 bits per heavy atom. The molecule has 1 atom stereocenters. The van der Waals surface area contributed by atoms with E-state index in [1.54, 1.807) is 11.1 Å². The van der Waals surface area contributed by atoms with Crippen LogP contribution >= 0.6 is 0 Å². The molecule has 0 radical (unpaired) electrons. The molecule has 1 aliphatic rings. The number of fused-ring (bicyclic) bond motifs is 1. The molecule has 0 aliphatic carbocycles. The lowest BCUT2D eigenvalue weighted by molar-refractivity contribution is -0.143. The van der Waals surface area contributed by atoms with Crippen molar-refractivity contribution >= 4 is 22.7 Å². The van der Waals surface area contributed by atoms with E-state index in [2.05, 4.69) is 10.5 Å². The van der Waals surface area contributed by atoms with E-state index in [1.807, 2.05) is 54.6 Å². The van der Waals surface area contributed by atoms with Gasteiger partial charge in [0.2, 0.25) is 0 Å². The molecule has 4 aromatic rings. The van der Waals surface area contributed by atoms with Gasteiger partial charge in [-0.1, -0.05) is 48.5 Å². The van der Waals surface area contributed by atoms with Crippen molar-refractivity contribution in [1.29, 1.82) is 0 Å². The third-order valence-corrected chi connectivity index (χ3v) is 7.43. The van der Waals surface area contributed by atoms with Crippen LogP contribution in [-0.2, 0) is 35.0 Å². The first kappa shape index (κ1) is 31.1. The number of nitrogens with zero attached hydrogens (tertiary/aromatic N) is 2. The molecule has 0 saturated carbocycles. The van der Waals surface area contributed by atoms with Gasteiger partial charge < -0.3 is 9.88 Å². The highest BCUT2D eigenvalue weighted by Crippen LogP contribution is 2.37. The number of halogens is 6. The summed E-state index contributed by atoms with van der Waals surface area (Å²) < 4.78 is 81.2. The third kappa shape index (κ3) is 7.40. The third-order valence-electron chi connectivity index (χ3n) is 7.43. The summed E-state index contributed by atoms with van der Waals surface area (Å²) >= 11 is 0. The molecule has 1 fully saturated rings. The van der Waals surface area contributed by atoms with Crippen LogP contribution in [0, 0.1) is 0 Å². The Bertz CT molecular complexity index is 1590. The number of alkyl halides is 6. The maximum Gasteiger partial charge on any atom is 0.416 e. The number of rotatable bonds is 8. The van der Waals surface area contributed by atoms with Gasteiger partial charge in [0.05, 0.1) is 24.3 Å². The fourth-order valence-electron chi connectivity index (χ4n) is 5.31. The molecule has 1 saturated heterocycles. The number of amides is 2. The van der Waals surface area contributed by atoms with E-state index in [4.69, 9.17) is 4.84 Å². The summed E-state index contributed by atoms with van der Waals surface area (Å²) in [7, 11) is 0. The van der Waals surface area contributed by atoms with Crippen LogP contribution in [0.1, 0.15) is 32.6 Å². The van der Waals surface area contributed by atoms with Crippen molar-refractivity contribution < 1.29 is 40.8 Å². The van der Waals surface area contributed by atoms with Crippen LogP contribution < -0.4 is 5.48 Å². The molecule has 0 spiro atoms. The summed E-state index contributed by atoms with van der Waals surface area (Å²) in [6, 6.07) is 16.8. The zero-order chi connectivity index (χ0) is 31.5. The van der Waals surface area contributed by atoms with Crippen molar-refractivity contribution in [2.75, 3.05) is 26.2 Å². The van der Waals surface area contributed by atoms with Gasteiger partial charge in [-0.25, -0.2) is 5.48 Å². The number of hydrogen-bond acceptors (Lipinski definition) is 4. The molecule has 232 valence electrons. The molecule has 0 bridgehead atoms. The standard InChI is InChI=1S/C31H28F6N4O3/c32-30(33,34)23-12-21(13-24(15-23)31(35,36)37)29(43)41-11-10-40(18-28(42)39-44-19-20-6-2-1-3-7-20)17-25(41)14-22-16-38-27-9-5-4-8-26(22)27/h1-9,12-13,15-16,25,38H,10-11,14,17-19H2,(H,39,42). The lowest BCUT2D eigenvalue weighted by atomic mass is 9.98. The molecule has 2 amide bonds. The van der Waals surface area contributed by atoms with E-state index in [1.165, 1.54) is 4.90 Å². The van der Waals surface area contributed by atoms with Crippen molar-refractivity contribution in [3.63, 3.8) is 0 Å². The van der Waals surface area contributed by atoms with Gasteiger partial charge in [-0.05, 0) is 41.8 Å². The van der Waals surface area contributed by atoms with Crippen LogP contribution in [0.2, 0.25) is 0 Å². The van der Waals surface area contributed by atoms with Crippen molar-refractivity contribution in [2.45, 2.75) is 31.4 Å². The number of aromatic amines is 1. The van der Waals surface area contributed by atoms with Gasteiger partial charge in [-0.3, -0.25) is 19.3 Å². The first-order valence-corrected chi connectivity index (χ1v) is 13.7. The Kier molecular flexibility index (Phi) is 8.97. The predicted octanol–water partition coefficient (Wildman–Crippen LogP) is 5.82. The summed E-state index contributed by atoms with van der Waals surface area (Å²) in [4.78, 5) is 37.7. The van der Waals surface area contributed by atoms with Gasteiger partial charge in [0.25, 0.3) is 11.8 Å². The molecule has 13 heteroatoms. The van der Waals surface area contributed by atoms with Gasteiger partial charge in [0.1, 0.15) is 0 Å². The molecule has 5 rings (SSSR count). The number of nitrogens with one attached hydrogen (secondary N) is 2. The van der Waals surface area contributed by atoms with E-state index < -0.39 is 46.9 Å². The molecule has 7 nitrogen and oxygen atoms in total. The Balaban J connectivity index is 1.37. The molecular weight excluding hydrogens is 590 g/mol. The van der Waals surface area contributed by atoms with E-state index in [0.29, 0.717) is 12.1 Å². The fraction of sp³-hybridized carbons (Fsp3) is 0.290. The van der Waals surface area contributed by atoms with Crippen LogP contribution in [0.4, 0.5) is 26.3 Å². The minimum absolute atomic E-state index is 0.00335. The van der Waals surface area contributed by atoms with Crippen molar-refractivity contribution in [2.24, 2.45) is 0 Å². The maximum absolute atomic E-state index is 13.6. The van der Waals surface area contributed by atoms with Gasteiger partial charge in [0, 0.05) is 48.3 Å². The first-order chi connectivity index (χ1) is 20.9. The monoisotopic (exact) mass is 618 g/mol. The second-order valence-corrected chi connectivity index (χ2v) is 10.5. The average molecular weight is 619 g/mol. The van der Waals surface area contributed by atoms with Gasteiger partial charge >= 0.3 is 12.4 Å². The van der Waals surface area contributed by atoms with Crippen LogP contribution in [0.25, 0.3) is 10.9 Å². The minimum atomic E-state index is -5.09. The number of benzene rings is 3. The van der Waals surface area contributed by atoms with Crippen LogP contribution in [0.3, 0.4) is 0 Å². The van der Waals surface area contributed by atoms with Crippen LogP contribution in [-0.4, -0.2) is 58.8 Å². The smallest absolute Gasteiger partial charge is 0.361 e. The highest BCUT2D eigenvalue weighted by atomic mass is 19.4. The maximum atomic E-state index is 13.6. The van der Waals surface area contributed by atoms with Gasteiger partial charge in [0.15, 0.2) is 0 Å². The highest BCUT2D eigenvalue weighted by molar-refractivity contribution is 5.95. The predicted molar refractivity (Wildman–Crippen MR) is 149 cm³/mol. The highest BCUT2D eigenvalue weighted by Gasteiger charge is 2.39. The normalized spacial score (nSPS) is 16.3. The fourth-order valence-corrected chi connectivity index (χ4v) is 5.31. The van der Waals surface area contributed by atoms with Crippen molar-refractivity contribution in [3.8, 4) is 0 Å². The SMILES string of the molecule is O=C(CN1CCN(C(=O)c2cc(C(F)(F)F)cc(C(F)(F)F)c2)C(Cc2c[nH]c3ccccc23)C1)NOCc1ccccc1. The number of piperazine rings is 1. The second kappa shape index (κ2) is 12.7. The molecule has 1 aromatic heterocycles. The molecule has 3 aromatic carbocycles. The quantitative estimate of drug-likeness (QED) is 0.193. The number of carbonyl (C=O) groups excluding carboxylic acids is 2. The molecule has 2 N–H and O–H groups in total. The van der Waals surface area contributed by atoms with E-state index in [-0.39, 0.29) is 45.3 Å². The zero-order valence-electron chi connectivity index (χ0n) is 23.2. The Morgan fingerprint density at radius 2 is 1.55 bits per heavy atom. The Morgan fingerprint density at radius 3 is 2.23 bits per heavy atom. The van der Waals surface area contributed by atoms with Gasteiger partial charge in [-0.15, -0.1) is 0 Å². The van der Waals surface area contributed by atoms with Crippen molar-refractivity contribution in [1.82, 2.24) is 20.3 Å². The molecule has 1 aliphatic heterocycles. The number of aromatic nitrogens is 1. The minimum Gasteiger partial charge on any atom is -0.361 e. The summed E-state index contributed by atoms with van der Waals surface area (Å²) in [5.41, 5.74) is 1.04. The lowest BCUT2D eigenvalue weighted by Crippen LogP contribution is -2.57. The molecule has 1 unspecified atom stereocenters. The van der Waals surface area contributed by atoms with E-state index in [9.17, 15) is 35.9 Å². The van der Waals surface area contributed by atoms with Crippen LogP contribution in [0.5, 0.6) is 0 Å². The Hall–Kier alpha value is -4.36. The lowest BCUT2D eigenvalue weighted by Gasteiger charge is -2.41. The molecule has 2 heterocycles. The number of hydrogen-bond donors (Lipinski definition) is 2. The van der Waals surface area contributed by atoms with Crippen molar-refractivity contribution in [3.05, 3.63) is 107 Å². The summed E-state index contributed by atoms with van der Waals surface area (Å²) in [5, 5.41) is 0.863. The van der Waals surface area contributed by atoms with E-state index >= 15 is 0 Å². The topological polar surface area (TPSA) is 77.7 Å². The average Bonchev–Trinajstić information content (AvgIpc) is 3.39. The first-order valence-electron chi connectivity index (χ1n) is 13.7. The number of hydroxylamine groups is 1. The number of carbonyl (C=O) groups is 2. The second-order valence-electron chi connectivity index (χ2n) is 10.5. The summed E-state index contributed by atoms with van der Waals surface area (Å²) in [6.07, 6.45) is -8.19. The summed E-state index contributed by atoms with van der Waals surface area (Å²) in [6.45, 7) is 0.329. The summed E-state index contributed by atoms with van der Waals surface area (Å²) in [5.74, 6) is -1.40. The molecular formula is C31H28F6N4O3. The van der Waals surface area contributed by atoms with Crippen LogP contribution in [0.15, 0.2) is 79.0 Å². The zero-order valence-corrected chi connectivity index (χ0v) is 23.2. The number of para-hydroxylation sites is 1.